The summed E-state index contributed by atoms with van der Waals surface area (Å²) < 4.78 is 44.4. The second kappa shape index (κ2) is 12.1. The maximum absolute atomic E-state index is 12.6. The predicted octanol–water partition coefficient (Wildman–Crippen LogP) is 3.81. The first-order chi connectivity index (χ1) is 18.5. The summed E-state index contributed by atoms with van der Waals surface area (Å²) in [4.78, 5) is 12.4. The van der Waals surface area contributed by atoms with Gasteiger partial charge in [0.2, 0.25) is 0 Å². The molecule has 3 aromatic carbocycles. The van der Waals surface area contributed by atoms with Gasteiger partial charge in [0.1, 0.15) is 35.6 Å². The minimum absolute atomic E-state index is 0.0431. The van der Waals surface area contributed by atoms with Crippen LogP contribution in [0.1, 0.15) is 36.2 Å². The molecule has 208 valence electrons. The van der Waals surface area contributed by atoms with Gasteiger partial charge in [-0.2, -0.15) is 0 Å². The summed E-state index contributed by atoms with van der Waals surface area (Å²) in [6.07, 6.45) is 0.304. The average molecular weight is 555 g/mol. The number of nitrogens with one attached hydrogen (secondary N) is 2. The van der Waals surface area contributed by atoms with Crippen LogP contribution < -0.4 is 24.2 Å². The second-order valence-electron chi connectivity index (χ2n) is 10.0. The summed E-state index contributed by atoms with van der Waals surface area (Å²) in [6, 6.07) is 18.4. The van der Waals surface area contributed by atoms with Crippen LogP contribution in [-0.4, -0.2) is 57.8 Å². The van der Waals surface area contributed by atoms with Crippen molar-refractivity contribution in [3.8, 4) is 17.2 Å². The van der Waals surface area contributed by atoms with E-state index in [0.717, 1.165) is 5.56 Å². The van der Waals surface area contributed by atoms with E-state index >= 15 is 0 Å². The summed E-state index contributed by atoms with van der Waals surface area (Å²) in [5, 5.41) is 13.5. The molecule has 0 saturated heterocycles. The SMILES string of the molecule is COc1ccc(S(=O)(=O)Nc2ccc(CCNC[C@H](O)COc3ccc4c(c3)OC(C)(C)CC4=O)cc2)cc1. The summed E-state index contributed by atoms with van der Waals surface area (Å²) in [6.45, 7) is 4.80. The van der Waals surface area contributed by atoms with Crippen LogP contribution in [0.5, 0.6) is 17.2 Å². The first-order valence-corrected chi connectivity index (χ1v) is 14.2. The molecule has 0 bridgehead atoms. The van der Waals surface area contributed by atoms with Crippen LogP contribution in [0, 0.1) is 0 Å². The third-order valence-corrected chi connectivity index (χ3v) is 7.61. The Morgan fingerprint density at radius 3 is 2.41 bits per heavy atom. The lowest BCUT2D eigenvalue weighted by molar-refractivity contribution is 0.0615. The van der Waals surface area contributed by atoms with E-state index in [2.05, 4.69) is 10.0 Å². The average Bonchev–Trinajstić information content (AvgIpc) is 2.90. The number of benzene rings is 3. The smallest absolute Gasteiger partial charge is 0.261 e. The number of fused-ring (bicyclic) bond motifs is 1. The first-order valence-electron chi connectivity index (χ1n) is 12.7. The highest BCUT2D eigenvalue weighted by atomic mass is 32.2. The minimum atomic E-state index is -3.70. The van der Waals surface area contributed by atoms with Crippen molar-refractivity contribution in [3.05, 3.63) is 77.9 Å². The van der Waals surface area contributed by atoms with Gasteiger partial charge in [-0.15, -0.1) is 0 Å². The summed E-state index contributed by atoms with van der Waals surface area (Å²) >= 11 is 0. The van der Waals surface area contributed by atoms with Crippen molar-refractivity contribution in [1.82, 2.24) is 5.32 Å². The van der Waals surface area contributed by atoms with Crippen molar-refractivity contribution in [2.45, 2.75) is 43.3 Å². The van der Waals surface area contributed by atoms with Crippen molar-refractivity contribution in [1.29, 1.82) is 0 Å². The van der Waals surface area contributed by atoms with Crippen LogP contribution in [0.25, 0.3) is 0 Å². The predicted molar refractivity (Wildman–Crippen MR) is 148 cm³/mol. The Balaban J connectivity index is 1.18. The van der Waals surface area contributed by atoms with Gasteiger partial charge in [-0.05, 0) is 80.9 Å². The molecule has 3 N–H and O–H groups in total. The first kappa shape index (κ1) is 28.4. The van der Waals surface area contributed by atoms with Gasteiger partial charge in [0.05, 0.1) is 24.0 Å². The van der Waals surface area contributed by atoms with E-state index in [-0.39, 0.29) is 17.3 Å². The number of methoxy groups -OCH3 is 1. The molecule has 0 aliphatic carbocycles. The Morgan fingerprint density at radius 1 is 1.03 bits per heavy atom. The van der Waals surface area contributed by atoms with Gasteiger partial charge in [-0.1, -0.05) is 12.1 Å². The Hall–Kier alpha value is -3.60. The molecule has 0 fully saturated rings. The van der Waals surface area contributed by atoms with Crippen LogP contribution in [0.4, 0.5) is 5.69 Å². The number of ketones is 1. The molecule has 1 aliphatic heterocycles. The highest BCUT2D eigenvalue weighted by molar-refractivity contribution is 7.92. The topological polar surface area (TPSA) is 123 Å². The van der Waals surface area contributed by atoms with Crippen LogP contribution in [0.3, 0.4) is 0 Å². The van der Waals surface area contributed by atoms with E-state index in [1.165, 1.54) is 19.2 Å². The third kappa shape index (κ3) is 7.72. The fraction of sp³-hybridized carbons (Fsp3) is 0.345. The van der Waals surface area contributed by atoms with Crippen molar-refractivity contribution in [3.63, 3.8) is 0 Å². The lowest BCUT2D eigenvalue weighted by Crippen LogP contribution is -2.36. The fourth-order valence-electron chi connectivity index (χ4n) is 4.18. The number of carbonyl (C=O) groups excluding carboxylic acids is 1. The number of carbonyl (C=O) groups is 1. The second-order valence-corrected chi connectivity index (χ2v) is 11.7. The van der Waals surface area contributed by atoms with Crippen molar-refractivity contribution in [2.24, 2.45) is 0 Å². The number of aliphatic hydroxyl groups excluding tert-OH is 1. The Labute approximate surface area is 229 Å². The molecular weight excluding hydrogens is 520 g/mol. The van der Waals surface area contributed by atoms with Crippen LogP contribution in [0.2, 0.25) is 0 Å². The van der Waals surface area contributed by atoms with E-state index in [1.807, 2.05) is 26.0 Å². The fourth-order valence-corrected chi connectivity index (χ4v) is 5.24. The van der Waals surface area contributed by atoms with Gasteiger partial charge < -0.3 is 24.6 Å². The normalized spacial score (nSPS) is 15.1. The van der Waals surface area contributed by atoms with E-state index < -0.39 is 21.7 Å². The van der Waals surface area contributed by atoms with Crippen LogP contribution in [-0.2, 0) is 16.4 Å². The molecule has 0 unspecified atom stereocenters. The molecule has 9 nitrogen and oxygen atoms in total. The number of aliphatic hydroxyl groups is 1. The number of sulfonamides is 1. The molecular formula is C29H34N2O7S. The number of rotatable bonds is 12. The molecule has 0 amide bonds. The zero-order valence-electron chi connectivity index (χ0n) is 22.3. The minimum Gasteiger partial charge on any atom is -0.497 e. The number of hydrogen-bond donors (Lipinski definition) is 3. The Bertz CT molecular complexity index is 1390. The quantitative estimate of drug-likeness (QED) is 0.289. The van der Waals surface area contributed by atoms with E-state index in [9.17, 15) is 18.3 Å². The zero-order chi connectivity index (χ0) is 28.0. The Morgan fingerprint density at radius 2 is 1.72 bits per heavy atom. The molecule has 0 spiro atoms. The molecule has 0 radical (unpaired) electrons. The molecule has 0 aromatic heterocycles. The van der Waals surface area contributed by atoms with Gasteiger partial charge in [0.15, 0.2) is 5.78 Å². The number of ether oxygens (including phenoxy) is 3. The summed E-state index contributed by atoms with van der Waals surface area (Å²) in [5.41, 5.74) is 1.48. The van der Waals surface area contributed by atoms with Gasteiger partial charge in [-0.25, -0.2) is 8.42 Å². The lowest BCUT2D eigenvalue weighted by atomic mass is 9.93. The Kier molecular flexibility index (Phi) is 8.79. The van der Waals surface area contributed by atoms with Crippen LogP contribution >= 0.6 is 0 Å². The largest absolute Gasteiger partial charge is 0.497 e. The highest BCUT2D eigenvalue weighted by Crippen LogP contribution is 2.35. The molecule has 0 saturated carbocycles. The maximum atomic E-state index is 12.6. The van der Waals surface area contributed by atoms with E-state index in [4.69, 9.17) is 14.2 Å². The van der Waals surface area contributed by atoms with Crippen LogP contribution in [0.15, 0.2) is 71.6 Å². The zero-order valence-corrected chi connectivity index (χ0v) is 23.1. The molecule has 10 heteroatoms. The van der Waals surface area contributed by atoms with Gasteiger partial charge in [0.25, 0.3) is 10.0 Å². The monoisotopic (exact) mass is 554 g/mol. The van der Waals surface area contributed by atoms with Gasteiger partial charge in [0, 0.05) is 18.3 Å². The molecule has 39 heavy (non-hydrogen) atoms. The standard InChI is InChI=1S/C29H34N2O7S/c1-29(2)17-27(33)26-13-10-24(16-28(26)38-29)37-19-22(32)18-30-15-14-20-4-6-21(7-5-20)31-39(34,35)25-11-8-23(36-3)9-12-25/h4-13,16,22,30-32H,14-15,17-19H2,1-3H3/t22-/m0/s1. The maximum Gasteiger partial charge on any atom is 0.261 e. The molecule has 1 heterocycles. The van der Waals surface area contributed by atoms with E-state index in [0.29, 0.717) is 54.4 Å². The van der Waals surface area contributed by atoms with Crippen molar-refractivity contribution < 1.29 is 32.5 Å². The van der Waals surface area contributed by atoms with Crippen molar-refractivity contribution >= 4 is 21.5 Å². The van der Waals surface area contributed by atoms with Gasteiger partial charge >= 0.3 is 0 Å². The molecule has 1 aliphatic rings. The van der Waals surface area contributed by atoms with Gasteiger partial charge in [-0.3, -0.25) is 9.52 Å². The molecule has 1 atom stereocenters. The van der Waals surface area contributed by atoms with E-state index in [1.54, 1.807) is 42.5 Å². The summed E-state index contributed by atoms with van der Waals surface area (Å²) in [7, 11) is -2.18. The third-order valence-electron chi connectivity index (χ3n) is 6.21. The number of Topliss-reactive ketones (excluding diaryl/α,β-unsaturated/α-hetero) is 1. The van der Waals surface area contributed by atoms with Crippen molar-refractivity contribution in [2.75, 3.05) is 31.5 Å². The summed E-state index contributed by atoms with van der Waals surface area (Å²) in [5.74, 6) is 1.66. The molecule has 4 rings (SSSR count). The highest BCUT2D eigenvalue weighted by Gasteiger charge is 2.32. The number of hydrogen-bond acceptors (Lipinski definition) is 8. The molecule has 3 aromatic rings. The lowest BCUT2D eigenvalue weighted by Gasteiger charge is -2.31. The number of anilines is 1.